The Morgan fingerprint density at radius 1 is 1.20 bits per heavy atom. The van der Waals surface area contributed by atoms with Gasteiger partial charge in [0.2, 0.25) is 0 Å². The first kappa shape index (κ1) is 20.6. The Morgan fingerprint density at radius 3 is 2.40 bits per heavy atom. The molecule has 25 heavy (non-hydrogen) atoms. The molecule has 0 radical (unpaired) electrons. The highest BCUT2D eigenvalue weighted by Crippen LogP contribution is 2.39. The van der Waals surface area contributed by atoms with Crippen LogP contribution >= 0.6 is 23.5 Å². The second kappa shape index (κ2) is 8.34. The zero-order valence-electron chi connectivity index (χ0n) is 15.9. The smallest absolute Gasteiger partial charge is 0.400 e. The van der Waals surface area contributed by atoms with Gasteiger partial charge in [-0.1, -0.05) is 36.9 Å². The summed E-state index contributed by atoms with van der Waals surface area (Å²) in [6.45, 7) is 11.9. The SMILES string of the molecule is CCSc1cccc(C=C(CSC(C)=O)B2OC(C)(C)C(C)(C)O2)c1. The maximum atomic E-state index is 11.5. The number of carbonyl (C=O) groups is 1. The van der Waals surface area contributed by atoms with Gasteiger partial charge in [-0.3, -0.25) is 4.79 Å². The lowest BCUT2D eigenvalue weighted by atomic mass is 9.78. The van der Waals surface area contributed by atoms with Crippen LogP contribution in [-0.2, 0) is 14.1 Å². The predicted octanol–water partition coefficient (Wildman–Crippen LogP) is 5.09. The summed E-state index contributed by atoms with van der Waals surface area (Å²) in [5.74, 6) is 1.61. The minimum atomic E-state index is -0.431. The molecule has 1 aliphatic heterocycles. The molecule has 0 saturated carbocycles. The van der Waals surface area contributed by atoms with E-state index in [0.29, 0.717) is 5.75 Å². The Bertz CT molecular complexity index is 640. The molecule has 0 amide bonds. The van der Waals surface area contributed by atoms with Crippen LogP contribution in [0.1, 0.15) is 47.1 Å². The van der Waals surface area contributed by atoms with Gasteiger partial charge in [-0.2, -0.15) is 0 Å². The Kier molecular flexibility index (Phi) is 6.88. The molecule has 0 aliphatic carbocycles. The van der Waals surface area contributed by atoms with Gasteiger partial charge < -0.3 is 9.31 Å². The van der Waals surface area contributed by atoms with Gasteiger partial charge in [0.05, 0.1) is 11.2 Å². The highest BCUT2D eigenvalue weighted by atomic mass is 32.2. The highest BCUT2D eigenvalue weighted by Gasteiger charge is 2.52. The van der Waals surface area contributed by atoms with E-state index >= 15 is 0 Å². The number of hydrogen-bond donors (Lipinski definition) is 0. The first-order valence-corrected chi connectivity index (χ1v) is 10.5. The van der Waals surface area contributed by atoms with E-state index in [1.165, 1.54) is 16.7 Å². The van der Waals surface area contributed by atoms with Crippen molar-refractivity contribution < 1.29 is 14.1 Å². The fourth-order valence-corrected chi connectivity index (χ4v) is 3.75. The summed E-state index contributed by atoms with van der Waals surface area (Å²) < 4.78 is 12.4. The maximum Gasteiger partial charge on any atom is 0.491 e. The summed E-state index contributed by atoms with van der Waals surface area (Å²) in [7, 11) is -0.431. The average molecular weight is 378 g/mol. The molecule has 6 heteroatoms. The van der Waals surface area contributed by atoms with E-state index in [1.807, 2.05) is 39.5 Å². The highest BCUT2D eigenvalue weighted by molar-refractivity contribution is 8.13. The van der Waals surface area contributed by atoms with Crippen molar-refractivity contribution in [3.8, 4) is 0 Å². The number of carbonyl (C=O) groups excluding carboxylic acids is 1. The average Bonchev–Trinajstić information content (AvgIpc) is 2.72. The van der Waals surface area contributed by atoms with E-state index in [4.69, 9.17) is 9.31 Å². The van der Waals surface area contributed by atoms with E-state index in [2.05, 4.69) is 37.3 Å². The van der Waals surface area contributed by atoms with E-state index in [0.717, 1.165) is 16.8 Å². The molecule has 1 fully saturated rings. The summed E-state index contributed by atoms with van der Waals surface area (Å²) in [6, 6.07) is 8.41. The van der Waals surface area contributed by atoms with Crippen LogP contribution in [0.2, 0.25) is 0 Å². The van der Waals surface area contributed by atoms with Crippen molar-refractivity contribution in [1.29, 1.82) is 0 Å². The van der Waals surface area contributed by atoms with Crippen molar-refractivity contribution >= 4 is 41.8 Å². The molecule has 0 atom stereocenters. The Hall–Kier alpha value is -0.685. The molecule has 1 aliphatic rings. The quantitative estimate of drug-likeness (QED) is 0.509. The molecule has 0 bridgehead atoms. The van der Waals surface area contributed by atoms with E-state index in [1.54, 1.807) is 6.92 Å². The molecule has 1 heterocycles. The summed E-state index contributed by atoms with van der Waals surface area (Å²) >= 11 is 3.10. The molecule has 2 rings (SSSR count). The zero-order chi connectivity index (χ0) is 18.7. The lowest BCUT2D eigenvalue weighted by molar-refractivity contribution is -0.109. The van der Waals surface area contributed by atoms with Gasteiger partial charge in [0.1, 0.15) is 0 Å². The summed E-state index contributed by atoms with van der Waals surface area (Å²) in [5, 5.41) is 0.0951. The summed E-state index contributed by atoms with van der Waals surface area (Å²) in [4.78, 5) is 12.7. The molecular weight excluding hydrogens is 351 g/mol. The van der Waals surface area contributed by atoms with E-state index in [9.17, 15) is 4.79 Å². The third kappa shape index (κ3) is 5.39. The Balaban J connectivity index is 2.30. The second-order valence-electron chi connectivity index (χ2n) is 7.09. The van der Waals surface area contributed by atoms with Gasteiger partial charge in [-0.05, 0) is 56.6 Å². The van der Waals surface area contributed by atoms with Crippen molar-refractivity contribution in [1.82, 2.24) is 0 Å². The van der Waals surface area contributed by atoms with Gasteiger partial charge in [0, 0.05) is 17.6 Å². The monoisotopic (exact) mass is 378 g/mol. The van der Waals surface area contributed by atoms with Crippen molar-refractivity contribution in [3.05, 3.63) is 35.3 Å². The molecule has 1 saturated heterocycles. The fraction of sp³-hybridized carbons (Fsp3) is 0.526. The topological polar surface area (TPSA) is 35.5 Å². The zero-order valence-corrected chi connectivity index (χ0v) is 17.6. The minimum absolute atomic E-state index is 0.0951. The molecule has 0 N–H and O–H groups in total. The van der Waals surface area contributed by atoms with Crippen LogP contribution in [0.5, 0.6) is 0 Å². The summed E-state index contributed by atoms with van der Waals surface area (Å²) in [5.41, 5.74) is 1.31. The molecule has 136 valence electrons. The van der Waals surface area contributed by atoms with Gasteiger partial charge in [-0.25, -0.2) is 0 Å². The van der Waals surface area contributed by atoms with Crippen LogP contribution in [0, 0.1) is 0 Å². The Morgan fingerprint density at radius 2 is 1.84 bits per heavy atom. The number of rotatable bonds is 6. The first-order valence-electron chi connectivity index (χ1n) is 8.57. The normalized spacial score (nSPS) is 19.3. The van der Waals surface area contributed by atoms with Crippen LogP contribution in [0.3, 0.4) is 0 Å². The second-order valence-corrected chi connectivity index (χ2v) is 9.58. The van der Waals surface area contributed by atoms with Gasteiger partial charge in [-0.15, -0.1) is 11.8 Å². The number of benzene rings is 1. The molecule has 0 unspecified atom stereocenters. The van der Waals surface area contributed by atoms with E-state index in [-0.39, 0.29) is 5.12 Å². The van der Waals surface area contributed by atoms with Crippen molar-refractivity contribution in [2.45, 2.75) is 57.6 Å². The maximum absolute atomic E-state index is 11.5. The lowest BCUT2D eigenvalue weighted by Gasteiger charge is -2.32. The van der Waals surface area contributed by atoms with Crippen LogP contribution < -0.4 is 0 Å². The molecular formula is C19H27BO3S2. The molecule has 0 aromatic heterocycles. The summed E-state index contributed by atoms with van der Waals surface area (Å²) in [6.07, 6.45) is 2.10. The van der Waals surface area contributed by atoms with Crippen LogP contribution in [0.4, 0.5) is 0 Å². The van der Waals surface area contributed by atoms with Crippen LogP contribution in [0.25, 0.3) is 6.08 Å². The third-order valence-corrected chi connectivity index (χ3v) is 6.28. The Labute approximate surface area is 160 Å². The molecule has 0 spiro atoms. The van der Waals surface area contributed by atoms with Gasteiger partial charge >= 0.3 is 7.12 Å². The third-order valence-electron chi connectivity index (χ3n) is 4.52. The molecule has 1 aromatic rings. The van der Waals surface area contributed by atoms with Gasteiger partial charge in [0.15, 0.2) is 5.12 Å². The minimum Gasteiger partial charge on any atom is -0.400 e. The fourth-order valence-electron chi connectivity index (χ4n) is 2.43. The predicted molar refractivity (Wildman–Crippen MR) is 110 cm³/mol. The van der Waals surface area contributed by atoms with Crippen molar-refractivity contribution in [2.24, 2.45) is 0 Å². The standard InChI is InChI=1S/C19H27BO3S2/c1-7-24-17-10-8-9-15(12-17)11-16(13-25-14(2)21)20-22-18(3,4)19(5,6)23-20/h8-12H,7,13H2,1-6H3. The molecule has 3 nitrogen and oxygen atoms in total. The van der Waals surface area contributed by atoms with Crippen LogP contribution in [0.15, 0.2) is 34.6 Å². The van der Waals surface area contributed by atoms with Gasteiger partial charge in [0.25, 0.3) is 0 Å². The lowest BCUT2D eigenvalue weighted by Crippen LogP contribution is -2.41. The van der Waals surface area contributed by atoms with Crippen molar-refractivity contribution in [2.75, 3.05) is 11.5 Å². The number of hydrogen-bond acceptors (Lipinski definition) is 5. The molecule has 1 aromatic carbocycles. The van der Waals surface area contributed by atoms with E-state index < -0.39 is 18.3 Å². The largest absolute Gasteiger partial charge is 0.491 e. The number of thioether (sulfide) groups is 2. The van der Waals surface area contributed by atoms with Crippen LogP contribution in [-0.4, -0.2) is 34.9 Å². The van der Waals surface area contributed by atoms with Crippen molar-refractivity contribution in [3.63, 3.8) is 0 Å². The first-order chi connectivity index (χ1) is 11.6.